The van der Waals surface area contributed by atoms with E-state index in [0.29, 0.717) is 18.4 Å². The van der Waals surface area contributed by atoms with E-state index in [9.17, 15) is 0 Å². The molecule has 0 aromatic carbocycles. The predicted octanol–water partition coefficient (Wildman–Crippen LogP) is 2.82. The molecule has 0 aliphatic carbocycles. The molecule has 0 fully saturated rings. The molecule has 0 aliphatic rings. The third kappa shape index (κ3) is 2.64. The fraction of sp³-hybridized carbons (Fsp3) is 0.385. The molecular formula is C13H16N2O2. The molecule has 2 aromatic heterocycles. The van der Waals surface area contributed by atoms with Gasteiger partial charge in [0, 0.05) is 17.6 Å². The Morgan fingerprint density at radius 3 is 3.00 bits per heavy atom. The topological polar surface area (TPSA) is 44.2 Å². The van der Waals surface area contributed by atoms with Crippen LogP contribution in [0.2, 0.25) is 0 Å². The molecule has 2 rings (SSSR count). The van der Waals surface area contributed by atoms with E-state index in [-0.39, 0.29) is 0 Å². The van der Waals surface area contributed by atoms with Gasteiger partial charge in [0.1, 0.15) is 5.52 Å². The Morgan fingerprint density at radius 1 is 1.35 bits per heavy atom. The van der Waals surface area contributed by atoms with E-state index in [2.05, 4.69) is 16.9 Å². The quantitative estimate of drug-likeness (QED) is 0.743. The van der Waals surface area contributed by atoms with Gasteiger partial charge in [0.2, 0.25) is 11.8 Å². The minimum Gasteiger partial charge on any atom is -0.481 e. The van der Waals surface area contributed by atoms with Gasteiger partial charge in [-0.1, -0.05) is 19.4 Å². The van der Waals surface area contributed by atoms with Gasteiger partial charge in [0.25, 0.3) is 0 Å². The first-order valence-corrected chi connectivity index (χ1v) is 5.77. The number of unbranched alkanes of at least 4 members (excludes halogenated alkanes) is 1. The molecule has 0 N–H and O–H groups in total. The van der Waals surface area contributed by atoms with Crippen molar-refractivity contribution in [1.29, 1.82) is 0 Å². The maximum Gasteiger partial charge on any atom is 0.243 e. The number of fused-ring (bicyclic) bond motifs is 1. The Balaban J connectivity index is 2.36. The number of hydrogen-bond acceptors (Lipinski definition) is 4. The molecule has 0 spiro atoms. The first kappa shape index (κ1) is 11.6. The van der Waals surface area contributed by atoms with Crippen LogP contribution < -0.4 is 9.47 Å². The summed E-state index contributed by atoms with van der Waals surface area (Å²) in [5.74, 6) is 1.10. The highest BCUT2D eigenvalue weighted by Gasteiger charge is 2.08. The van der Waals surface area contributed by atoms with Crippen LogP contribution in [0.4, 0.5) is 0 Å². The van der Waals surface area contributed by atoms with E-state index in [0.717, 1.165) is 23.7 Å². The van der Waals surface area contributed by atoms with Gasteiger partial charge in [-0.25, -0.2) is 0 Å². The number of nitrogens with zero attached hydrogens (tertiary/aromatic N) is 2. The van der Waals surface area contributed by atoms with E-state index in [1.807, 2.05) is 18.2 Å². The highest BCUT2D eigenvalue weighted by atomic mass is 16.5. The van der Waals surface area contributed by atoms with Gasteiger partial charge >= 0.3 is 0 Å². The largest absolute Gasteiger partial charge is 0.481 e. The summed E-state index contributed by atoms with van der Waals surface area (Å²) in [5.41, 5.74) is 0.782. The molecule has 0 aliphatic heterocycles. The minimum atomic E-state index is 0.549. The molecule has 0 saturated carbocycles. The molecule has 0 saturated heterocycles. The maximum absolute atomic E-state index is 5.65. The third-order valence-electron chi connectivity index (χ3n) is 2.48. The summed E-state index contributed by atoms with van der Waals surface area (Å²) >= 11 is 0. The SMILES string of the molecule is CCCCOc1nc(OC)cc2cccnc12. The Bertz CT molecular complexity index is 500. The highest BCUT2D eigenvalue weighted by molar-refractivity contribution is 5.83. The number of ether oxygens (including phenoxy) is 2. The third-order valence-corrected chi connectivity index (χ3v) is 2.48. The van der Waals surface area contributed by atoms with Crippen LogP contribution in [0.15, 0.2) is 24.4 Å². The molecule has 0 amide bonds. The fourth-order valence-corrected chi connectivity index (χ4v) is 1.55. The lowest BCUT2D eigenvalue weighted by Crippen LogP contribution is -2.01. The summed E-state index contributed by atoms with van der Waals surface area (Å²) in [6, 6.07) is 5.71. The maximum atomic E-state index is 5.65. The van der Waals surface area contributed by atoms with Crippen molar-refractivity contribution in [2.75, 3.05) is 13.7 Å². The molecule has 0 atom stereocenters. The van der Waals surface area contributed by atoms with Crippen molar-refractivity contribution < 1.29 is 9.47 Å². The molecule has 2 heterocycles. The number of hydrogen-bond donors (Lipinski definition) is 0. The van der Waals surface area contributed by atoms with Crippen LogP contribution in [-0.2, 0) is 0 Å². The van der Waals surface area contributed by atoms with Crippen molar-refractivity contribution in [3.8, 4) is 11.8 Å². The van der Waals surface area contributed by atoms with Crippen molar-refractivity contribution >= 4 is 10.9 Å². The van der Waals surface area contributed by atoms with Crippen molar-refractivity contribution in [2.45, 2.75) is 19.8 Å². The lowest BCUT2D eigenvalue weighted by Gasteiger charge is -2.08. The second kappa shape index (κ2) is 5.48. The second-order valence-electron chi connectivity index (χ2n) is 3.75. The molecular weight excluding hydrogens is 216 g/mol. The summed E-state index contributed by atoms with van der Waals surface area (Å²) in [4.78, 5) is 8.58. The van der Waals surface area contributed by atoms with Crippen molar-refractivity contribution in [3.63, 3.8) is 0 Å². The molecule has 90 valence electrons. The molecule has 0 unspecified atom stereocenters. The van der Waals surface area contributed by atoms with Crippen LogP contribution in [0.1, 0.15) is 19.8 Å². The van der Waals surface area contributed by atoms with Crippen LogP contribution in [0.3, 0.4) is 0 Å². The van der Waals surface area contributed by atoms with Crippen LogP contribution >= 0.6 is 0 Å². The zero-order chi connectivity index (χ0) is 12.1. The van der Waals surface area contributed by atoms with Crippen molar-refractivity contribution in [2.24, 2.45) is 0 Å². The van der Waals surface area contributed by atoms with Gasteiger partial charge < -0.3 is 9.47 Å². The summed E-state index contributed by atoms with van der Waals surface area (Å²) in [6.45, 7) is 2.78. The first-order chi connectivity index (χ1) is 8.35. The van der Waals surface area contributed by atoms with Gasteiger partial charge in [-0.2, -0.15) is 4.98 Å². The van der Waals surface area contributed by atoms with E-state index in [1.165, 1.54) is 0 Å². The number of methoxy groups -OCH3 is 1. The van der Waals surface area contributed by atoms with E-state index in [1.54, 1.807) is 13.3 Å². The molecule has 0 bridgehead atoms. The second-order valence-corrected chi connectivity index (χ2v) is 3.75. The van der Waals surface area contributed by atoms with Gasteiger partial charge in [0.15, 0.2) is 0 Å². The van der Waals surface area contributed by atoms with Gasteiger partial charge in [-0.3, -0.25) is 4.98 Å². The molecule has 17 heavy (non-hydrogen) atoms. The minimum absolute atomic E-state index is 0.549. The Morgan fingerprint density at radius 2 is 2.24 bits per heavy atom. The zero-order valence-corrected chi connectivity index (χ0v) is 10.1. The predicted molar refractivity (Wildman–Crippen MR) is 66.5 cm³/mol. The van der Waals surface area contributed by atoms with Gasteiger partial charge in [0.05, 0.1) is 13.7 Å². The van der Waals surface area contributed by atoms with Crippen LogP contribution in [0.25, 0.3) is 10.9 Å². The van der Waals surface area contributed by atoms with Crippen molar-refractivity contribution in [3.05, 3.63) is 24.4 Å². The van der Waals surface area contributed by atoms with E-state index in [4.69, 9.17) is 9.47 Å². The molecule has 4 nitrogen and oxygen atoms in total. The smallest absolute Gasteiger partial charge is 0.243 e. The summed E-state index contributed by atoms with van der Waals surface area (Å²) < 4.78 is 10.8. The van der Waals surface area contributed by atoms with Gasteiger partial charge in [-0.05, 0) is 12.5 Å². The standard InChI is InChI=1S/C13H16N2O2/c1-3-4-8-17-13-12-10(6-5-7-14-12)9-11(15-13)16-2/h5-7,9H,3-4,8H2,1-2H3. The first-order valence-electron chi connectivity index (χ1n) is 5.77. The Kier molecular flexibility index (Phi) is 3.75. The normalized spacial score (nSPS) is 10.5. The zero-order valence-electron chi connectivity index (χ0n) is 10.1. The average Bonchev–Trinajstić information content (AvgIpc) is 2.38. The van der Waals surface area contributed by atoms with Crippen LogP contribution in [0, 0.1) is 0 Å². The van der Waals surface area contributed by atoms with Crippen LogP contribution in [-0.4, -0.2) is 23.7 Å². The van der Waals surface area contributed by atoms with Crippen LogP contribution in [0.5, 0.6) is 11.8 Å². The number of rotatable bonds is 5. The fourth-order valence-electron chi connectivity index (χ4n) is 1.55. The summed E-state index contributed by atoms with van der Waals surface area (Å²) in [6.07, 6.45) is 3.84. The summed E-state index contributed by atoms with van der Waals surface area (Å²) in [7, 11) is 1.60. The molecule has 2 aromatic rings. The Hall–Kier alpha value is -1.84. The lowest BCUT2D eigenvalue weighted by molar-refractivity contribution is 0.294. The van der Waals surface area contributed by atoms with Gasteiger partial charge in [-0.15, -0.1) is 0 Å². The number of aromatic nitrogens is 2. The Labute approximate surface area is 101 Å². The monoisotopic (exact) mass is 232 g/mol. The van der Waals surface area contributed by atoms with Crippen molar-refractivity contribution in [1.82, 2.24) is 9.97 Å². The molecule has 0 radical (unpaired) electrons. The molecule has 4 heteroatoms. The van der Waals surface area contributed by atoms with E-state index >= 15 is 0 Å². The van der Waals surface area contributed by atoms with E-state index < -0.39 is 0 Å². The average molecular weight is 232 g/mol. The lowest BCUT2D eigenvalue weighted by atomic mass is 10.2. The highest BCUT2D eigenvalue weighted by Crippen LogP contribution is 2.25. The number of pyridine rings is 2. The summed E-state index contributed by atoms with van der Waals surface area (Å²) in [5, 5.41) is 0.978.